The van der Waals surface area contributed by atoms with Crippen molar-refractivity contribution in [2.45, 2.75) is 32.7 Å². The van der Waals surface area contributed by atoms with Gasteiger partial charge in [0.15, 0.2) is 6.61 Å². The second kappa shape index (κ2) is 7.60. The Balaban J connectivity index is 1.55. The molecule has 26 heavy (non-hydrogen) atoms. The molecule has 0 bridgehead atoms. The Bertz CT molecular complexity index is 832. The topological polar surface area (TPSA) is 51.5 Å². The van der Waals surface area contributed by atoms with Crippen LogP contribution in [0.15, 0.2) is 42.5 Å². The number of esters is 1. The minimum absolute atomic E-state index is 0.273. The first-order valence-corrected chi connectivity index (χ1v) is 8.82. The molecule has 2 aromatic rings. The van der Waals surface area contributed by atoms with Crippen LogP contribution in [-0.2, 0) is 14.3 Å². The van der Waals surface area contributed by atoms with Gasteiger partial charge in [-0.15, -0.1) is 0 Å². The van der Waals surface area contributed by atoms with Gasteiger partial charge in [0.2, 0.25) is 0 Å². The maximum atomic E-state index is 12.1. The van der Waals surface area contributed by atoms with Crippen LogP contribution in [0, 0.1) is 13.8 Å². The van der Waals surface area contributed by atoms with Crippen molar-refractivity contribution in [2.75, 3.05) is 18.6 Å². The Morgan fingerprint density at radius 1 is 1.23 bits per heavy atom. The van der Waals surface area contributed by atoms with Gasteiger partial charge < -0.3 is 14.2 Å². The Hall–Kier alpha value is -2.82. The Morgan fingerprint density at radius 2 is 1.92 bits per heavy atom. The number of anilines is 1. The normalized spacial score (nSPS) is 13.8. The van der Waals surface area contributed by atoms with E-state index in [0.717, 1.165) is 16.9 Å². The van der Waals surface area contributed by atoms with Crippen LogP contribution in [0.3, 0.4) is 0 Å². The molecule has 1 amide bonds. The van der Waals surface area contributed by atoms with E-state index in [1.807, 2.05) is 30.3 Å². The van der Waals surface area contributed by atoms with Crippen molar-refractivity contribution in [3.8, 4) is 0 Å². The number of carbonyl (C=O) groups is 2. The van der Waals surface area contributed by atoms with Crippen molar-refractivity contribution in [3.05, 3.63) is 59.4 Å². The molecule has 1 saturated carbocycles. The van der Waals surface area contributed by atoms with Crippen molar-refractivity contribution in [1.29, 1.82) is 0 Å². The number of hydrogen-bond donors (Lipinski definition) is 0. The highest BCUT2D eigenvalue weighted by Gasteiger charge is 2.26. The number of nitrogens with zero attached hydrogens (tertiary/aromatic N) is 2. The summed E-state index contributed by atoms with van der Waals surface area (Å²) in [5, 5.41) is 0. The summed E-state index contributed by atoms with van der Waals surface area (Å²) in [5.41, 5.74) is 4.14. The first kappa shape index (κ1) is 18.0. The van der Waals surface area contributed by atoms with E-state index < -0.39 is 5.97 Å². The molecule has 3 rings (SSSR count). The zero-order chi connectivity index (χ0) is 18.7. The van der Waals surface area contributed by atoms with Crippen LogP contribution in [0.25, 0.3) is 6.08 Å². The third kappa shape index (κ3) is 4.04. The van der Waals surface area contributed by atoms with Gasteiger partial charge in [0.05, 0.1) is 0 Å². The molecule has 0 saturated heterocycles. The predicted octanol–water partition coefficient (Wildman–Crippen LogP) is 3.66. The lowest BCUT2D eigenvalue weighted by atomic mass is 10.2. The molecule has 0 N–H and O–H groups in total. The molecule has 0 aliphatic heterocycles. The van der Waals surface area contributed by atoms with E-state index in [4.69, 9.17) is 4.74 Å². The van der Waals surface area contributed by atoms with Gasteiger partial charge in [0.1, 0.15) is 0 Å². The van der Waals surface area contributed by atoms with E-state index in [-0.39, 0.29) is 12.5 Å². The molecule has 0 unspecified atom stereocenters. The number of rotatable bonds is 6. The maximum Gasteiger partial charge on any atom is 0.331 e. The molecule has 1 fully saturated rings. The smallest absolute Gasteiger partial charge is 0.331 e. The Kier molecular flexibility index (Phi) is 5.26. The standard InChI is InChI=1S/C21H24N2O3/c1-15-13-17(16(2)23(15)19-10-11-19)9-12-21(25)26-14-20(24)22(3)18-7-5-4-6-8-18/h4-9,12-13,19H,10-11,14H2,1-3H3/b12-9+. The number of carbonyl (C=O) groups excluding carboxylic acids is 2. The number of benzene rings is 1. The molecule has 5 heteroatoms. The van der Waals surface area contributed by atoms with Crippen LogP contribution < -0.4 is 4.90 Å². The molecule has 0 spiro atoms. The van der Waals surface area contributed by atoms with Crippen LogP contribution in [0.4, 0.5) is 5.69 Å². The number of likely N-dealkylation sites (N-methyl/N-ethyl adjacent to an activating group) is 1. The van der Waals surface area contributed by atoms with Gasteiger partial charge in [-0.3, -0.25) is 4.79 Å². The van der Waals surface area contributed by atoms with Crippen LogP contribution >= 0.6 is 0 Å². The van der Waals surface area contributed by atoms with Gasteiger partial charge >= 0.3 is 5.97 Å². The SMILES string of the molecule is Cc1cc(/C=C/C(=O)OCC(=O)N(C)c2ccccc2)c(C)n1C1CC1. The van der Waals surface area contributed by atoms with Gasteiger partial charge in [-0.05, 0) is 56.5 Å². The number of ether oxygens (including phenoxy) is 1. The average molecular weight is 352 g/mol. The Morgan fingerprint density at radius 3 is 2.58 bits per heavy atom. The van der Waals surface area contributed by atoms with E-state index >= 15 is 0 Å². The Labute approximate surface area is 153 Å². The lowest BCUT2D eigenvalue weighted by Gasteiger charge is -2.16. The second-order valence-corrected chi connectivity index (χ2v) is 6.66. The molecule has 1 aromatic carbocycles. The van der Waals surface area contributed by atoms with Crippen molar-refractivity contribution < 1.29 is 14.3 Å². The van der Waals surface area contributed by atoms with Crippen molar-refractivity contribution in [2.24, 2.45) is 0 Å². The lowest BCUT2D eigenvalue weighted by Crippen LogP contribution is -2.30. The monoisotopic (exact) mass is 352 g/mol. The van der Waals surface area contributed by atoms with Gasteiger partial charge in [0.25, 0.3) is 5.91 Å². The highest BCUT2D eigenvalue weighted by molar-refractivity contribution is 5.96. The van der Waals surface area contributed by atoms with Gasteiger partial charge in [0, 0.05) is 36.2 Å². The van der Waals surface area contributed by atoms with Crippen molar-refractivity contribution >= 4 is 23.6 Å². The molecule has 0 atom stereocenters. The van der Waals surface area contributed by atoms with Crippen LogP contribution in [0.1, 0.15) is 35.8 Å². The molecule has 1 heterocycles. The molecule has 136 valence electrons. The summed E-state index contributed by atoms with van der Waals surface area (Å²) in [5.74, 6) is -0.791. The molecule has 1 aliphatic rings. The minimum Gasteiger partial charge on any atom is -0.452 e. The molecular weight excluding hydrogens is 328 g/mol. The highest BCUT2D eigenvalue weighted by Crippen LogP contribution is 2.38. The summed E-state index contributed by atoms with van der Waals surface area (Å²) in [7, 11) is 1.66. The summed E-state index contributed by atoms with van der Waals surface area (Å²) < 4.78 is 7.40. The second-order valence-electron chi connectivity index (χ2n) is 6.66. The van der Waals surface area contributed by atoms with E-state index in [0.29, 0.717) is 6.04 Å². The van der Waals surface area contributed by atoms with Crippen molar-refractivity contribution in [1.82, 2.24) is 4.57 Å². The lowest BCUT2D eigenvalue weighted by molar-refractivity contribution is -0.142. The fourth-order valence-corrected chi connectivity index (χ4v) is 3.10. The van der Waals surface area contributed by atoms with Gasteiger partial charge in [-0.2, -0.15) is 0 Å². The fourth-order valence-electron chi connectivity index (χ4n) is 3.10. The van der Waals surface area contributed by atoms with E-state index in [1.54, 1.807) is 13.1 Å². The number of aromatic nitrogens is 1. The number of hydrogen-bond acceptors (Lipinski definition) is 3. The first-order chi connectivity index (χ1) is 12.5. The van der Waals surface area contributed by atoms with Gasteiger partial charge in [-0.25, -0.2) is 4.79 Å². The molecule has 1 aromatic heterocycles. The quantitative estimate of drug-likeness (QED) is 0.589. The summed E-state index contributed by atoms with van der Waals surface area (Å²) in [6.07, 6.45) is 5.58. The average Bonchev–Trinajstić information content (AvgIpc) is 3.43. The minimum atomic E-state index is -0.518. The number of para-hydroxylation sites is 1. The fraction of sp³-hybridized carbons (Fsp3) is 0.333. The van der Waals surface area contributed by atoms with Crippen LogP contribution in [0.5, 0.6) is 0 Å². The predicted molar refractivity (Wildman–Crippen MR) is 102 cm³/mol. The summed E-state index contributed by atoms with van der Waals surface area (Å²) >= 11 is 0. The summed E-state index contributed by atoms with van der Waals surface area (Å²) in [6, 6.07) is 11.9. The first-order valence-electron chi connectivity index (χ1n) is 8.82. The number of amides is 1. The van der Waals surface area contributed by atoms with E-state index in [2.05, 4.69) is 24.5 Å². The summed E-state index contributed by atoms with van der Waals surface area (Å²) in [6.45, 7) is 3.86. The maximum absolute atomic E-state index is 12.1. The van der Waals surface area contributed by atoms with Gasteiger partial charge in [-0.1, -0.05) is 18.2 Å². The zero-order valence-electron chi connectivity index (χ0n) is 15.4. The largest absolute Gasteiger partial charge is 0.452 e. The number of aryl methyl sites for hydroxylation is 1. The van der Waals surface area contributed by atoms with Crippen molar-refractivity contribution in [3.63, 3.8) is 0 Å². The van der Waals surface area contributed by atoms with Crippen LogP contribution in [0.2, 0.25) is 0 Å². The highest BCUT2D eigenvalue weighted by atomic mass is 16.5. The zero-order valence-corrected chi connectivity index (χ0v) is 15.4. The molecule has 5 nitrogen and oxygen atoms in total. The van der Waals surface area contributed by atoms with Crippen LogP contribution in [-0.4, -0.2) is 30.1 Å². The van der Waals surface area contributed by atoms with E-state index in [9.17, 15) is 9.59 Å². The summed E-state index contributed by atoms with van der Waals surface area (Å²) in [4.78, 5) is 25.5. The van der Waals surface area contributed by atoms with E-state index in [1.165, 1.54) is 29.5 Å². The third-order valence-electron chi connectivity index (χ3n) is 4.69. The molecule has 1 aliphatic carbocycles. The molecular formula is C21H24N2O3. The third-order valence-corrected chi connectivity index (χ3v) is 4.69. The molecule has 0 radical (unpaired) electrons.